The van der Waals surface area contributed by atoms with E-state index in [0.29, 0.717) is 0 Å². The van der Waals surface area contributed by atoms with Crippen LogP contribution in [0.15, 0.2) is 29.6 Å². The lowest BCUT2D eigenvalue weighted by Crippen LogP contribution is -2.52. The lowest BCUT2D eigenvalue weighted by atomic mass is 9.82. The fraction of sp³-hybridized carbons (Fsp3) is 0.400. The Kier molecular flexibility index (Phi) is 5.50. The Morgan fingerprint density at radius 3 is 2.45 bits per heavy atom. The number of rotatable bonds is 3. The molecule has 0 atom stereocenters. The lowest BCUT2D eigenvalue weighted by molar-refractivity contribution is -0.122. The van der Waals surface area contributed by atoms with Gasteiger partial charge in [-0.2, -0.15) is 0 Å². The topological polar surface area (TPSA) is 80.9 Å². The van der Waals surface area contributed by atoms with Gasteiger partial charge in [0.05, 0.1) is 5.54 Å². The summed E-state index contributed by atoms with van der Waals surface area (Å²) < 4.78 is 3.85. The van der Waals surface area contributed by atoms with Crippen molar-refractivity contribution in [2.24, 2.45) is 5.73 Å². The first kappa shape index (κ1) is 16.9. The Hall–Kier alpha value is -1.50. The van der Waals surface area contributed by atoms with Crippen molar-refractivity contribution in [2.75, 3.05) is 5.32 Å². The van der Waals surface area contributed by atoms with Crippen LogP contribution >= 0.6 is 23.9 Å². The van der Waals surface area contributed by atoms with Crippen molar-refractivity contribution in [3.63, 3.8) is 0 Å². The van der Waals surface area contributed by atoms with E-state index in [1.165, 1.54) is 18.0 Å². The average molecular weight is 339 g/mol. The first-order valence-electron chi connectivity index (χ1n) is 7.15. The van der Waals surface area contributed by atoms with Crippen molar-refractivity contribution < 1.29 is 4.79 Å². The molecule has 1 heterocycles. The SMILES string of the molecule is Cl.NC1(C(=O)Nc2ccc(-c3csnn3)cc2)CCCCC1. The minimum Gasteiger partial charge on any atom is -0.324 e. The summed E-state index contributed by atoms with van der Waals surface area (Å²) in [5.41, 5.74) is 8.12. The Morgan fingerprint density at radius 2 is 1.86 bits per heavy atom. The molecule has 1 aliphatic carbocycles. The van der Waals surface area contributed by atoms with Gasteiger partial charge in [0, 0.05) is 16.6 Å². The van der Waals surface area contributed by atoms with Gasteiger partial charge in [0.25, 0.3) is 0 Å². The zero-order valence-corrected chi connectivity index (χ0v) is 13.8. The highest BCUT2D eigenvalue weighted by Crippen LogP contribution is 2.27. The maximum atomic E-state index is 12.3. The van der Waals surface area contributed by atoms with Crippen molar-refractivity contribution in [2.45, 2.75) is 37.6 Å². The largest absolute Gasteiger partial charge is 0.324 e. The van der Waals surface area contributed by atoms with E-state index in [-0.39, 0.29) is 18.3 Å². The van der Waals surface area contributed by atoms with Gasteiger partial charge in [-0.05, 0) is 36.5 Å². The fourth-order valence-electron chi connectivity index (χ4n) is 2.68. The van der Waals surface area contributed by atoms with Gasteiger partial charge in [0.15, 0.2) is 0 Å². The highest BCUT2D eigenvalue weighted by atomic mass is 35.5. The molecule has 0 bridgehead atoms. The van der Waals surface area contributed by atoms with Crippen LogP contribution in [0.2, 0.25) is 0 Å². The standard InChI is InChI=1S/C15H18N4OS.ClH/c16-15(8-2-1-3-9-15)14(20)17-12-6-4-11(5-7-12)13-10-21-19-18-13;/h4-7,10H,1-3,8-9,16H2,(H,17,20);1H. The summed E-state index contributed by atoms with van der Waals surface area (Å²) in [5, 5.41) is 8.84. The summed E-state index contributed by atoms with van der Waals surface area (Å²) in [6.07, 6.45) is 4.75. The molecule has 5 nitrogen and oxygen atoms in total. The number of hydrogen-bond acceptors (Lipinski definition) is 5. The quantitative estimate of drug-likeness (QED) is 0.900. The molecular formula is C15H19ClN4OS. The second-order valence-corrected chi connectivity index (χ2v) is 6.15. The summed E-state index contributed by atoms with van der Waals surface area (Å²) in [4.78, 5) is 12.3. The van der Waals surface area contributed by atoms with Gasteiger partial charge in [-0.1, -0.05) is 35.9 Å². The van der Waals surface area contributed by atoms with Crippen LogP contribution in [-0.4, -0.2) is 21.0 Å². The Balaban J connectivity index is 0.00000176. The van der Waals surface area contributed by atoms with Crippen molar-refractivity contribution in [3.05, 3.63) is 29.6 Å². The minimum atomic E-state index is -0.713. The lowest BCUT2D eigenvalue weighted by Gasteiger charge is -2.31. The van der Waals surface area contributed by atoms with E-state index in [0.717, 1.165) is 42.6 Å². The molecule has 1 saturated carbocycles. The average Bonchev–Trinajstić information content (AvgIpc) is 3.03. The zero-order chi connectivity index (χ0) is 14.7. The number of nitrogens with two attached hydrogens (primary N) is 1. The zero-order valence-electron chi connectivity index (χ0n) is 12.1. The first-order chi connectivity index (χ1) is 10.2. The number of amides is 1. The monoisotopic (exact) mass is 338 g/mol. The number of nitrogens with one attached hydrogen (secondary N) is 1. The van der Waals surface area contributed by atoms with Crippen molar-refractivity contribution in [3.8, 4) is 11.3 Å². The number of benzene rings is 1. The van der Waals surface area contributed by atoms with Crippen LogP contribution < -0.4 is 11.1 Å². The molecule has 0 radical (unpaired) electrons. The molecule has 118 valence electrons. The van der Waals surface area contributed by atoms with Crippen LogP contribution in [0.5, 0.6) is 0 Å². The molecule has 0 spiro atoms. The first-order valence-corrected chi connectivity index (χ1v) is 7.99. The van der Waals surface area contributed by atoms with Gasteiger partial charge >= 0.3 is 0 Å². The molecule has 1 aromatic heterocycles. The van der Waals surface area contributed by atoms with Crippen molar-refractivity contribution >= 4 is 35.5 Å². The van der Waals surface area contributed by atoms with Gasteiger partial charge in [-0.3, -0.25) is 4.79 Å². The number of carbonyl (C=O) groups is 1. The molecule has 0 unspecified atom stereocenters. The molecule has 3 rings (SSSR count). The molecule has 1 aliphatic rings. The van der Waals surface area contributed by atoms with E-state index in [1.807, 2.05) is 29.6 Å². The maximum Gasteiger partial charge on any atom is 0.244 e. The number of aromatic nitrogens is 2. The Morgan fingerprint density at radius 1 is 1.18 bits per heavy atom. The van der Waals surface area contributed by atoms with E-state index in [2.05, 4.69) is 14.9 Å². The van der Waals surface area contributed by atoms with Crippen LogP contribution in [0.4, 0.5) is 5.69 Å². The molecular weight excluding hydrogens is 320 g/mol. The molecule has 0 aliphatic heterocycles. The van der Waals surface area contributed by atoms with Crippen LogP contribution in [0.25, 0.3) is 11.3 Å². The fourth-order valence-corrected chi connectivity index (χ4v) is 3.15. The van der Waals surface area contributed by atoms with E-state index >= 15 is 0 Å². The normalized spacial score (nSPS) is 16.6. The third-order valence-corrected chi connectivity index (χ3v) is 4.50. The highest BCUT2D eigenvalue weighted by molar-refractivity contribution is 7.03. The smallest absolute Gasteiger partial charge is 0.244 e. The van der Waals surface area contributed by atoms with Crippen molar-refractivity contribution in [1.29, 1.82) is 0 Å². The highest BCUT2D eigenvalue weighted by Gasteiger charge is 2.35. The van der Waals surface area contributed by atoms with Crippen LogP contribution in [0.3, 0.4) is 0 Å². The molecule has 22 heavy (non-hydrogen) atoms. The second-order valence-electron chi connectivity index (χ2n) is 5.54. The minimum absolute atomic E-state index is 0. The van der Waals surface area contributed by atoms with Gasteiger partial charge in [-0.15, -0.1) is 17.5 Å². The summed E-state index contributed by atoms with van der Waals surface area (Å²) in [7, 11) is 0. The Labute approximate surface area is 139 Å². The molecule has 2 aromatic rings. The number of halogens is 1. The molecule has 1 aromatic carbocycles. The summed E-state index contributed by atoms with van der Waals surface area (Å²) >= 11 is 1.32. The number of nitrogens with zero attached hydrogens (tertiary/aromatic N) is 2. The summed E-state index contributed by atoms with van der Waals surface area (Å²) in [6, 6.07) is 7.60. The third-order valence-electron chi connectivity index (χ3n) is 4.00. The molecule has 7 heteroatoms. The van der Waals surface area contributed by atoms with Gasteiger partial charge in [-0.25, -0.2) is 0 Å². The maximum absolute atomic E-state index is 12.3. The predicted molar refractivity (Wildman–Crippen MR) is 91.2 cm³/mol. The summed E-state index contributed by atoms with van der Waals surface area (Å²) in [5.74, 6) is -0.0784. The van der Waals surface area contributed by atoms with Gasteiger partial charge < -0.3 is 11.1 Å². The van der Waals surface area contributed by atoms with E-state index in [4.69, 9.17) is 5.73 Å². The third kappa shape index (κ3) is 3.63. The molecule has 1 amide bonds. The van der Waals surface area contributed by atoms with Gasteiger partial charge in [0.2, 0.25) is 5.91 Å². The second kappa shape index (κ2) is 7.17. The predicted octanol–water partition coefficient (Wildman–Crippen LogP) is 3.23. The van der Waals surface area contributed by atoms with E-state index in [9.17, 15) is 4.79 Å². The molecule has 1 fully saturated rings. The Bertz CT molecular complexity index is 609. The van der Waals surface area contributed by atoms with Gasteiger partial charge in [0.1, 0.15) is 5.69 Å². The molecule has 3 N–H and O–H groups in total. The van der Waals surface area contributed by atoms with Crippen LogP contribution in [0.1, 0.15) is 32.1 Å². The van der Waals surface area contributed by atoms with Crippen molar-refractivity contribution in [1.82, 2.24) is 9.59 Å². The summed E-state index contributed by atoms with van der Waals surface area (Å²) in [6.45, 7) is 0. The van der Waals surface area contributed by atoms with Crippen LogP contribution in [0, 0.1) is 0 Å². The molecule has 0 saturated heterocycles. The number of anilines is 1. The van der Waals surface area contributed by atoms with E-state index in [1.54, 1.807) is 0 Å². The van der Waals surface area contributed by atoms with E-state index < -0.39 is 5.54 Å². The number of hydrogen-bond donors (Lipinski definition) is 2. The number of carbonyl (C=O) groups excluding carboxylic acids is 1. The van der Waals surface area contributed by atoms with Crippen LogP contribution in [-0.2, 0) is 4.79 Å².